The van der Waals surface area contributed by atoms with Gasteiger partial charge < -0.3 is 10.5 Å². The van der Waals surface area contributed by atoms with E-state index in [9.17, 15) is 0 Å². The zero-order valence-corrected chi connectivity index (χ0v) is 13.6. The van der Waals surface area contributed by atoms with Crippen molar-refractivity contribution < 1.29 is 4.74 Å². The minimum atomic E-state index is 0.196. The SMILES string of the molecule is COc1ccc(Br)cc1C1C(N)CCCCN1C1CC1. The average Bonchev–Trinajstić information content (AvgIpc) is 3.25. The van der Waals surface area contributed by atoms with Gasteiger partial charge >= 0.3 is 0 Å². The highest BCUT2D eigenvalue weighted by Gasteiger charge is 2.39. The number of hydrogen-bond donors (Lipinski definition) is 1. The number of nitrogens with two attached hydrogens (primary N) is 1. The highest BCUT2D eigenvalue weighted by Crippen LogP contribution is 2.42. The van der Waals surface area contributed by atoms with Crippen LogP contribution in [0.25, 0.3) is 0 Å². The molecule has 2 aliphatic rings. The molecule has 1 aliphatic carbocycles. The third-order valence-electron chi connectivity index (χ3n) is 4.49. The second kappa shape index (κ2) is 6.04. The minimum absolute atomic E-state index is 0.196. The Kier molecular flexibility index (Phi) is 4.34. The molecule has 110 valence electrons. The first-order valence-corrected chi connectivity index (χ1v) is 8.35. The molecule has 2 N–H and O–H groups in total. The van der Waals surface area contributed by atoms with Gasteiger partial charge in [0.2, 0.25) is 0 Å². The van der Waals surface area contributed by atoms with Gasteiger partial charge in [-0.25, -0.2) is 0 Å². The molecule has 0 aromatic heterocycles. The van der Waals surface area contributed by atoms with Crippen LogP contribution in [-0.2, 0) is 0 Å². The monoisotopic (exact) mass is 338 g/mol. The second-order valence-electron chi connectivity index (χ2n) is 5.96. The van der Waals surface area contributed by atoms with E-state index < -0.39 is 0 Å². The Bertz CT molecular complexity index is 476. The normalized spacial score (nSPS) is 28.1. The second-order valence-corrected chi connectivity index (χ2v) is 6.88. The maximum absolute atomic E-state index is 6.53. The van der Waals surface area contributed by atoms with Gasteiger partial charge in [0.15, 0.2) is 0 Å². The number of likely N-dealkylation sites (tertiary alicyclic amines) is 1. The van der Waals surface area contributed by atoms with E-state index in [1.54, 1.807) is 7.11 Å². The number of halogens is 1. The van der Waals surface area contributed by atoms with Gasteiger partial charge in [-0.05, 0) is 50.4 Å². The summed E-state index contributed by atoms with van der Waals surface area (Å²) in [5, 5.41) is 0. The lowest BCUT2D eigenvalue weighted by atomic mass is 9.95. The summed E-state index contributed by atoms with van der Waals surface area (Å²) in [4.78, 5) is 2.63. The van der Waals surface area contributed by atoms with Crippen molar-refractivity contribution in [3.8, 4) is 5.75 Å². The van der Waals surface area contributed by atoms with Gasteiger partial charge in [0.1, 0.15) is 5.75 Å². The summed E-state index contributed by atoms with van der Waals surface area (Å²) >= 11 is 3.59. The van der Waals surface area contributed by atoms with Crippen molar-refractivity contribution in [1.29, 1.82) is 0 Å². The fourth-order valence-corrected chi connectivity index (χ4v) is 3.76. The van der Waals surface area contributed by atoms with Crippen molar-refractivity contribution in [1.82, 2.24) is 4.90 Å². The maximum atomic E-state index is 6.53. The molecular formula is C16H23BrN2O. The Morgan fingerprint density at radius 1 is 1.25 bits per heavy atom. The summed E-state index contributed by atoms with van der Waals surface area (Å²) in [5.41, 5.74) is 7.77. The van der Waals surface area contributed by atoms with Gasteiger partial charge in [0.05, 0.1) is 13.2 Å². The molecule has 2 atom stereocenters. The molecule has 1 aliphatic heterocycles. The molecular weight excluding hydrogens is 316 g/mol. The quantitative estimate of drug-likeness (QED) is 0.916. The van der Waals surface area contributed by atoms with Gasteiger partial charge in [-0.3, -0.25) is 4.90 Å². The lowest BCUT2D eigenvalue weighted by Crippen LogP contribution is -2.41. The van der Waals surface area contributed by atoms with Crippen molar-refractivity contribution in [3.05, 3.63) is 28.2 Å². The molecule has 1 saturated carbocycles. The van der Waals surface area contributed by atoms with E-state index in [0.29, 0.717) is 0 Å². The van der Waals surface area contributed by atoms with Crippen molar-refractivity contribution in [2.45, 2.75) is 50.2 Å². The Morgan fingerprint density at radius 3 is 2.75 bits per heavy atom. The average molecular weight is 339 g/mol. The van der Waals surface area contributed by atoms with Crippen molar-refractivity contribution in [2.75, 3.05) is 13.7 Å². The Labute approximate surface area is 129 Å². The zero-order valence-electron chi connectivity index (χ0n) is 12.0. The molecule has 3 rings (SSSR count). The Balaban J connectivity index is 2.00. The molecule has 0 spiro atoms. The van der Waals surface area contributed by atoms with Crippen molar-refractivity contribution in [2.24, 2.45) is 5.73 Å². The summed E-state index contributed by atoms with van der Waals surface area (Å²) < 4.78 is 6.69. The highest BCUT2D eigenvalue weighted by atomic mass is 79.9. The fraction of sp³-hybridized carbons (Fsp3) is 0.625. The van der Waals surface area contributed by atoms with Crippen LogP contribution in [0.15, 0.2) is 22.7 Å². The van der Waals surface area contributed by atoms with E-state index in [2.05, 4.69) is 26.9 Å². The third-order valence-corrected chi connectivity index (χ3v) is 4.99. The zero-order chi connectivity index (χ0) is 14.1. The van der Waals surface area contributed by atoms with Crippen LogP contribution in [0.5, 0.6) is 5.75 Å². The Hall–Kier alpha value is -0.580. The first-order chi connectivity index (χ1) is 9.70. The summed E-state index contributed by atoms with van der Waals surface area (Å²) in [6.07, 6.45) is 6.23. The van der Waals surface area contributed by atoms with Crippen LogP contribution in [0, 0.1) is 0 Å². The summed E-state index contributed by atoms with van der Waals surface area (Å²) in [5.74, 6) is 0.959. The summed E-state index contributed by atoms with van der Waals surface area (Å²) in [6.45, 7) is 1.17. The van der Waals surface area contributed by atoms with Crippen LogP contribution >= 0.6 is 15.9 Å². The van der Waals surface area contributed by atoms with Crippen LogP contribution in [0.3, 0.4) is 0 Å². The van der Waals surface area contributed by atoms with Crippen LogP contribution in [0.4, 0.5) is 0 Å². The lowest BCUT2D eigenvalue weighted by Gasteiger charge is -2.34. The topological polar surface area (TPSA) is 38.5 Å². The molecule has 2 fully saturated rings. The Morgan fingerprint density at radius 2 is 2.05 bits per heavy atom. The van der Waals surface area contributed by atoms with Crippen molar-refractivity contribution >= 4 is 15.9 Å². The summed E-state index contributed by atoms with van der Waals surface area (Å²) in [6, 6.07) is 7.48. The molecule has 0 bridgehead atoms. The minimum Gasteiger partial charge on any atom is -0.496 e. The fourth-order valence-electron chi connectivity index (χ4n) is 3.38. The van der Waals surface area contributed by atoms with E-state index in [-0.39, 0.29) is 12.1 Å². The number of rotatable bonds is 3. The largest absolute Gasteiger partial charge is 0.496 e. The van der Waals surface area contributed by atoms with E-state index in [0.717, 1.165) is 22.7 Å². The predicted molar refractivity (Wildman–Crippen MR) is 85.0 cm³/mol. The number of ether oxygens (including phenoxy) is 1. The van der Waals surface area contributed by atoms with Crippen molar-refractivity contribution in [3.63, 3.8) is 0 Å². The smallest absolute Gasteiger partial charge is 0.123 e. The molecule has 4 heteroatoms. The molecule has 3 nitrogen and oxygen atoms in total. The molecule has 20 heavy (non-hydrogen) atoms. The molecule has 0 radical (unpaired) electrons. The van der Waals surface area contributed by atoms with Crippen LogP contribution < -0.4 is 10.5 Å². The van der Waals surface area contributed by atoms with Crippen LogP contribution in [0.2, 0.25) is 0 Å². The predicted octanol–water partition coefficient (Wildman–Crippen LogP) is 3.47. The molecule has 0 amide bonds. The van der Waals surface area contributed by atoms with E-state index in [1.165, 1.54) is 37.8 Å². The standard InChI is InChI=1S/C16H23BrN2O/c1-20-15-8-5-11(17)10-13(15)16-14(18)4-2-3-9-19(16)12-6-7-12/h5,8,10,12,14,16H,2-4,6-7,9,18H2,1H3. The lowest BCUT2D eigenvalue weighted by molar-refractivity contribution is 0.172. The number of benzene rings is 1. The van der Waals surface area contributed by atoms with E-state index >= 15 is 0 Å². The molecule has 2 unspecified atom stereocenters. The number of nitrogens with zero attached hydrogens (tertiary/aromatic N) is 1. The van der Waals surface area contributed by atoms with Gasteiger partial charge in [-0.15, -0.1) is 0 Å². The number of methoxy groups -OCH3 is 1. The number of hydrogen-bond acceptors (Lipinski definition) is 3. The van der Waals surface area contributed by atoms with Gasteiger partial charge in [0, 0.05) is 22.1 Å². The molecule has 1 aromatic rings. The molecule has 1 aromatic carbocycles. The third kappa shape index (κ3) is 2.87. The van der Waals surface area contributed by atoms with Crippen LogP contribution in [-0.4, -0.2) is 30.6 Å². The first kappa shape index (κ1) is 14.4. The van der Waals surface area contributed by atoms with Gasteiger partial charge in [-0.1, -0.05) is 22.4 Å². The van der Waals surface area contributed by atoms with E-state index in [1.807, 2.05) is 12.1 Å². The van der Waals surface area contributed by atoms with E-state index in [4.69, 9.17) is 10.5 Å². The maximum Gasteiger partial charge on any atom is 0.123 e. The summed E-state index contributed by atoms with van der Waals surface area (Å²) in [7, 11) is 1.75. The van der Waals surface area contributed by atoms with Crippen LogP contribution in [0.1, 0.15) is 43.7 Å². The first-order valence-electron chi connectivity index (χ1n) is 7.55. The van der Waals surface area contributed by atoms with Gasteiger partial charge in [0.25, 0.3) is 0 Å². The molecule has 1 saturated heterocycles. The highest BCUT2D eigenvalue weighted by molar-refractivity contribution is 9.10. The molecule has 1 heterocycles. The van der Waals surface area contributed by atoms with Gasteiger partial charge in [-0.2, -0.15) is 0 Å².